The molecule has 3 rings (SSSR count). The van der Waals surface area contributed by atoms with Gasteiger partial charge in [0.05, 0.1) is 12.0 Å². The molecule has 2 aromatic rings. The van der Waals surface area contributed by atoms with Crippen LogP contribution in [0.4, 0.5) is 4.39 Å². The minimum absolute atomic E-state index is 0.169. The number of rotatable bonds is 6. The third-order valence-corrected chi connectivity index (χ3v) is 5.22. The van der Waals surface area contributed by atoms with Crippen molar-refractivity contribution in [3.63, 3.8) is 0 Å². The van der Waals surface area contributed by atoms with Crippen LogP contribution in [0.2, 0.25) is 0 Å². The van der Waals surface area contributed by atoms with Crippen LogP contribution in [0.3, 0.4) is 0 Å². The highest BCUT2D eigenvalue weighted by atomic mass is 32.1. The Hall–Kier alpha value is -2.47. The fraction of sp³-hybridized carbons (Fsp3) is 0.300. The summed E-state index contributed by atoms with van der Waals surface area (Å²) in [7, 11) is 0. The number of carbonyl (C=O) groups is 2. The number of benzene rings is 1. The van der Waals surface area contributed by atoms with Gasteiger partial charge < -0.3 is 10.1 Å². The van der Waals surface area contributed by atoms with Gasteiger partial charge in [-0.3, -0.25) is 9.59 Å². The second-order valence-corrected chi connectivity index (χ2v) is 7.14. The number of amides is 1. The first-order valence-electron chi connectivity index (χ1n) is 8.53. The van der Waals surface area contributed by atoms with Crippen molar-refractivity contribution in [2.45, 2.75) is 25.3 Å². The first-order valence-corrected chi connectivity index (χ1v) is 9.41. The lowest BCUT2D eigenvalue weighted by atomic mass is 9.95. The van der Waals surface area contributed by atoms with E-state index in [-0.39, 0.29) is 30.2 Å². The number of hydrogen-bond donors (Lipinski definition) is 1. The quantitative estimate of drug-likeness (QED) is 0.615. The maximum absolute atomic E-state index is 13.2. The van der Waals surface area contributed by atoms with Gasteiger partial charge in [-0.2, -0.15) is 0 Å². The van der Waals surface area contributed by atoms with Crippen molar-refractivity contribution in [1.82, 2.24) is 5.32 Å². The Morgan fingerprint density at radius 1 is 1.23 bits per heavy atom. The Morgan fingerprint density at radius 3 is 2.69 bits per heavy atom. The lowest BCUT2D eigenvalue weighted by Crippen LogP contribution is -2.33. The Morgan fingerprint density at radius 2 is 2.04 bits per heavy atom. The number of halogens is 1. The van der Waals surface area contributed by atoms with Gasteiger partial charge in [-0.1, -0.05) is 30.4 Å². The second-order valence-electron chi connectivity index (χ2n) is 6.16. The summed E-state index contributed by atoms with van der Waals surface area (Å²) in [5.41, 5.74) is 0.769. The van der Waals surface area contributed by atoms with Crippen LogP contribution in [-0.2, 0) is 14.3 Å². The molecule has 1 aliphatic rings. The van der Waals surface area contributed by atoms with E-state index in [0.29, 0.717) is 6.42 Å². The smallest absolute Gasteiger partial charge is 0.309 e. The van der Waals surface area contributed by atoms with E-state index >= 15 is 0 Å². The van der Waals surface area contributed by atoms with E-state index in [4.69, 9.17) is 4.74 Å². The van der Waals surface area contributed by atoms with Crippen LogP contribution in [0.15, 0.2) is 53.9 Å². The van der Waals surface area contributed by atoms with E-state index in [0.717, 1.165) is 23.3 Å². The van der Waals surface area contributed by atoms with Crippen LogP contribution in [0.25, 0.3) is 0 Å². The summed E-state index contributed by atoms with van der Waals surface area (Å²) in [5.74, 6) is -1.22. The summed E-state index contributed by atoms with van der Waals surface area (Å²) < 4.78 is 18.4. The molecule has 1 aromatic carbocycles. The minimum Gasteiger partial charge on any atom is -0.455 e. The molecular weight excluding hydrogens is 353 g/mol. The molecule has 1 aliphatic carbocycles. The highest BCUT2D eigenvalue weighted by molar-refractivity contribution is 7.10. The number of nitrogens with one attached hydrogen (secondary N) is 1. The van der Waals surface area contributed by atoms with Gasteiger partial charge in [-0.05, 0) is 48.4 Å². The van der Waals surface area contributed by atoms with E-state index in [9.17, 15) is 14.0 Å². The highest BCUT2D eigenvalue weighted by Crippen LogP contribution is 2.26. The molecule has 2 unspecified atom stereocenters. The van der Waals surface area contributed by atoms with E-state index in [1.54, 1.807) is 12.1 Å². The molecule has 136 valence electrons. The molecule has 0 bridgehead atoms. The predicted molar refractivity (Wildman–Crippen MR) is 98.1 cm³/mol. The van der Waals surface area contributed by atoms with Gasteiger partial charge in [0, 0.05) is 4.88 Å². The van der Waals surface area contributed by atoms with Gasteiger partial charge in [-0.25, -0.2) is 4.39 Å². The van der Waals surface area contributed by atoms with Crippen molar-refractivity contribution < 1.29 is 18.7 Å². The van der Waals surface area contributed by atoms with Crippen LogP contribution in [0.5, 0.6) is 0 Å². The summed E-state index contributed by atoms with van der Waals surface area (Å²) in [6.45, 7) is -0.317. The van der Waals surface area contributed by atoms with Crippen molar-refractivity contribution in [2.75, 3.05) is 6.61 Å². The summed E-state index contributed by atoms with van der Waals surface area (Å²) >= 11 is 1.50. The SMILES string of the molecule is O=C(COC(=O)C1CC=CCC1)NC(c1ccc(F)cc1)c1cccs1. The van der Waals surface area contributed by atoms with Crippen molar-refractivity contribution >= 4 is 23.2 Å². The molecule has 1 heterocycles. The topological polar surface area (TPSA) is 55.4 Å². The Bertz CT molecular complexity index is 771. The first-order chi connectivity index (χ1) is 12.6. The summed E-state index contributed by atoms with van der Waals surface area (Å²) in [6.07, 6.45) is 6.29. The standard InChI is InChI=1S/C20H20FNO3S/c21-16-10-8-14(9-11-16)19(17-7-4-12-26-17)22-18(23)13-25-20(24)15-5-2-1-3-6-15/h1-2,4,7-12,15,19H,3,5-6,13H2,(H,22,23). The Kier molecular flexibility index (Phi) is 6.17. The third kappa shape index (κ3) is 4.79. The molecule has 1 amide bonds. The van der Waals surface area contributed by atoms with E-state index in [1.807, 2.05) is 29.7 Å². The normalized spacial score (nSPS) is 17.5. The fourth-order valence-corrected chi connectivity index (χ4v) is 3.70. The van der Waals surface area contributed by atoms with Crippen LogP contribution in [0, 0.1) is 11.7 Å². The number of esters is 1. The molecule has 1 N–H and O–H groups in total. The van der Waals surface area contributed by atoms with Crippen molar-refractivity contribution in [3.05, 3.63) is 70.2 Å². The molecule has 1 aromatic heterocycles. The van der Waals surface area contributed by atoms with Gasteiger partial charge in [0.25, 0.3) is 5.91 Å². The Balaban J connectivity index is 1.61. The number of ether oxygens (including phenoxy) is 1. The molecule has 0 radical (unpaired) electrons. The zero-order valence-corrected chi connectivity index (χ0v) is 15.0. The molecule has 4 nitrogen and oxygen atoms in total. The second kappa shape index (κ2) is 8.76. The average Bonchev–Trinajstić information content (AvgIpc) is 3.20. The van der Waals surface area contributed by atoms with Gasteiger partial charge in [-0.15, -0.1) is 11.3 Å². The Labute approximate surface area is 155 Å². The van der Waals surface area contributed by atoms with Crippen LogP contribution in [0.1, 0.15) is 35.7 Å². The molecule has 2 atom stereocenters. The first kappa shape index (κ1) is 18.3. The number of hydrogen-bond acceptors (Lipinski definition) is 4. The molecule has 6 heteroatoms. The van der Waals surface area contributed by atoms with Crippen LogP contribution >= 0.6 is 11.3 Å². The predicted octanol–water partition coefficient (Wildman–Crippen LogP) is 3.99. The van der Waals surface area contributed by atoms with Gasteiger partial charge >= 0.3 is 5.97 Å². The van der Waals surface area contributed by atoms with Gasteiger partial charge in [0.1, 0.15) is 5.82 Å². The highest BCUT2D eigenvalue weighted by Gasteiger charge is 2.22. The van der Waals surface area contributed by atoms with Crippen LogP contribution in [-0.4, -0.2) is 18.5 Å². The monoisotopic (exact) mass is 373 g/mol. The van der Waals surface area contributed by atoms with Gasteiger partial charge in [0.2, 0.25) is 0 Å². The molecule has 26 heavy (non-hydrogen) atoms. The van der Waals surface area contributed by atoms with E-state index in [2.05, 4.69) is 5.32 Å². The summed E-state index contributed by atoms with van der Waals surface area (Å²) in [4.78, 5) is 25.3. The molecule has 0 spiro atoms. The van der Waals surface area contributed by atoms with E-state index in [1.165, 1.54) is 23.5 Å². The lowest BCUT2D eigenvalue weighted by molar-refractivity contribution is -0.153. The summed E-state index contributed by atoms with van der Waals surface area (Å²) in [6, 6.07) is 9.39. The fourth-order valence-electron chi connectivity index (χ4n) is 2.89. The minimum atomic E-state index is -0.403. The largest absolute Gasteiger partial charge is 0.455 e. The third-order valence-electron chi connectivity index (χ3n) is 4.28. The summed E-state index contributed by atoms with van der Waals surface area (Å²) in [5, 5.41) is 4.78. The van der Waals surface area contributed by atoms with Gasteiger partial charge in [0.15, 0.2) is 6.61 Å². The molecule has 0 aliphatic heterocycles. The number of carbonyl (C=O) groups excluding carboxylic acids is 2. The van der Waals surface area contributed by atoms with Crippen LogP contribution < -0.4 is 5.32 Å². The maximum Gasteiger partial charge on any atom is 0.309 e. The lowest BCUT2D eigenvalue weighted by Gasteiger charge is -2.19. The average molecular weight is 373 g/mol. The zero-order valence-electron chi connectivity index (χ0n) is 14.2. The molecular formula is C20H20FNO3S. The molecule has 0 saturated carbocycles. The van der Waals surface area contributed by atoms with Crippen molar-refractivity contribution in [2.24, 2.45) is 5.92 Å². The van der Waals surface area contributed by atoms with Crippen molar-refractivity contribution in [1.29, 1.82) is 0 Å². The van der Waals surface area contributed by atoms with Crippen molar-refractivity contribution in [3.8, 4) is 0 Å². The molecule has 0 fully saturated rings. The zero-order chi connectivity index (χ0) is 18.4. The number of thiophene rings is 1. The molecule has 0 saturated heterocycles. The number of allylic oxidation sites excluding steroid dienone is 2. The maximum atomic E-state index is 13.2. The van der Waals surface area contributed by atoms with E-state index < -0.39 is 6.04 Å².